The Bertz CT molecular complexity index is 433. The number of benzene rings is 1. The van der Waals surface area contributed by atoms with Gasteiger partial charge in [-0.2, -0.15) is 0 Å². The number of hydrogen-bond acceptors (Lipinski definition) is 3. The molecule has 0 aliphatic carbocycles. The van der Waals surface area contributed by atoms with Crippen molar-refractivity contribution in [3.8, 4) is 5.75 Å². The van der Waals surface area contributed by atoms with Gasteiger partial charge in [-0.25, -0.2) is 0 Å². The summed E-state index contributed by atoms with van der Waals surface area (Å²) >= 11 is 0. The summed E-state index contributed by atoms with van der Waals surface area (Å²) in [5.41, 5.74) is 5.93. The van der Waals surface area contributed by atoms with Gasteiger partial charge < -0.3 is 15.8 Å². The molecule has 112 valence electrons. The summed E-state index contributed by atoms with van der Waals surface area (Å²) in [5.74, 6) is 1.19. The van der Waals surface area contributed by atoms with Crippen LogP contribution >= 0.6 is 0 Å². The SMILES string of the molecule is CC(C)COc1ccc(C(C)NC(=O)C(C)(C)N)cc1. The molecule has 1 aromatic carbocycles. The van der Waals surface area contributed by atoms with Crippen molar-refractivity contribution in [3.05, 3.63) is 29.8 Å². The highest BCUT2D eigenvalue weighted by Crippen LogP contribution is 2.18. The minimum Gasteiger partial charge on any atom is -0.493 e. The number of rotatable bonds is 6. The Kier molecular flexibility index (Phi) is 5.57. The second-order valence-corrected chi connectivity index (χ2v) is 6.19. The number of hydrogen-bond donors (Lipinski definition) is 2. The lowest BCUT2D eigenvalue weighted by Crippen LogP contribution is -2.49. The van der Waals surface area contributed by atoms with Gasteiger partial charge in [-0.3, -0.25) is 4.79 Å². The first-order valence-electron chi connectivity index (χ1n) is 7.02. The predicted molar refractivity (Wildman–Crippen MR) is 81.6 cm³/mol. The van der Waals surface area contributed by atoms with E-state index in [9.17, 15) is 4.79 Å². The standard InChI is InChI=1S/C16H26N2O2/c1-11(2)10-20-14-8-6-13(7-9-14)12(3)18-15(19)16(4,5)17/h6-9,11-12H,10,17H2,1-5H3,(H,18,19). The van der Waals surface area contributed by atoms with E-state index in [2.05, 4.69) is 19.2 Å². The molecule has 4 nitrogen and oxygen atoms in total. The molecule has 0 bridgehead atoms. The van der Waals surface area contributed by atoms with Crippen LogP contribution in [-0.4, -0.2) is 18.1 Å². The lowest BCUT2D eigenvalue weighted by atomic mass is 10.0. The molecule has 0 aliphatic rings. The van der Waals surface area contributed by atoms with Crippen LogP contribution in [0.4, 0.5) is 0 Å². The van der Waals surface area contributed by atoms with Crippen LogP contribution < -0.4 is 15.8 Å². The average molecular weight is 278 g/mol. The molecule has 1 amide bonds. The van der Waals surface area contributed by atoms with E-state index in [0.717, 1.165) is 11.3 Å². The van der Waals surface area contributed by atoms with Crippen LogP contribution in [-0.2, 0) is 4.79 Å². The van der Waals surface area contributed by atoms with Crippen molar-refractivity contribution < 1.29 is 9.53 Å². The van der Waals surface area contributed by atoms with Gasteiger partial charge in [0.1, 0.15) is 5.75 Å². The predicted octanol–water partition coefficient (Wildman–Crippen LogP) is 2.64. The van der Waals surface area contributed by atoms with Crippen molar-refractivity contribution in [2.24, 2.45) is 11.7 Å². The molecule has 0 spiro atoms. The van der Waals surface area contributed by atoms with Crippen LogP contribution in [0.25, 0.3) is 0 Å². The topological polar surface area (TPSA) is 64.3 Å². The van der Waals surface area contributed by atoms with E-state index in [1.807, 2.05) is 31.2 Å². The van der Waals surface area contributed by atoms with Crippen LogP contribution in [0.15, 0.2) is 24.3 Å². The van der Waals surface area contributed by atoms with Crippen LogP contribution in [0.5, 0.6) is 5.75 Å². The smallest absolute Gasteiger partial charge is 0.239 e. The summed E-state index contributed by atoms with van der Waals surface area (Å²) in [6, 6.07) is 7.69. The second kappa shape index (κ2) is 6.75. The molecule has 4 heteroatoms. The van der Waals surface area contributed by atoms with E-state index < -0.39 is 5.54 Å². The molecule has 0 saturated heterocycles. The largest absolute Gasteiger partial charge is 0.493 e. The zero-order chi connectivity index (χ0) is 15.3. The Balaban J connectivity index is 2.61. The Morgan fingerprint density at radius 3 is 2.25 bits per heavy atom. The maximum absolute atomic E-state index is 11.8. The molecule has 0 aliphatic heterocycles. The minimum absolute atomic E-state index is 0.0792. The van der Waals surface area contributed by atoms with Gasteiger partial charge in [-0.05, 0) is 44.4 Å². The van der Waals surface area contributed by atoms with Gasteiger partial charge in [0.05, 0.1) is 18.2 Å². The average Bonchev–Trinajstić information content (AvgIpc) is 2.35. The van der Waals surface area contributed by atoms with E-state index in [-0.39, 0.29) is 11.9 Å². The number of amides is 1. The van der Waals surface area contributed by atoms with E-state index >= 15 is 0 Å². The van der Waals surface area contributed by atoms with E-state index in [0.29, 0.717) is 12.5 Å². The quantitative estimate of drug-likeness (QED) is 0.840. The molecule has 0 saturated carbocycles. The highest BCUT2D eigenvalue weighted by Gasteiger charge is 2.23. The fourth-order valence-electron chi connectivity index (χ4n) is 1.58. The Hall–Kier alpha value is -1.55. The summed E-state index contributed by atoms with van der Waals surface area (Å²) in [4.78, 5) is 11.8. The molecule has 0 heterocycles. The molecule has 0 fully saturated rings. The summed E-state index contributed by atoms with van der Waals surface area (Å²) < 4.78 is 5.63. The third-order valence-corrected chi connectivity index (χ3v) is 2.90. The molecule has 1 atom stereocenters. The lowest BCUT2D eigenvalue weighted by molar-refractivity contribution is -0.125. The molecule has 1 aromatic rings. The van der Waals surface area contributed by atoms with Crippen LogP contribution in [0, 0.1) is 5.92 Å². The molecule has 3 N–H and O–H groups in total. The van der Waals surface area contributed by atoms with Crippen LogP contribution in [0.1, 0.15) is 46.2 Å². The van der Waals surface area contributed by atoms with Crippen molar-refractivity contribution in [2.75, 3.05) is 6.61 Å². The molecular formula is C16H26N2O2. The minimum atomic E-state index is -0.866. The monoisotopic (exact) mass is 278 g/mol. The number of carbonyl (C=O) groups is 1. The molecule has 20 heavy (non-hydrogen) atoms. The Labute approximate surface area is 121 Å². The molecule has 0 radical (unpaired) electrons. The van der Waals surface area contributed by atoms with Gasteiger partial charge in [0, 0.05) is 0 Å². The van der Waals surface area contributed by atoms with Crippen molar-refractivity contribution in [3.63, 3.8) is 0 Å². The molecular weight excluding hydrogens is 252 g/mol. The molecule has 1 rings (SSSR count). The fraction of sp³-hybridized carbons (Fsp3) is 0.562. The van der Waals surface area contributed by atoms with Crippen molar-refractivity contribution >= 4 is 5.91 Å². The molecule has 0 aromatic heterocycles. The van der Waals surface area contributed by atoms with Gasteiger partial charge in [0.2, 0.25) is 5.91 Å². The Morgan fingerprint density at radius 1 is 1.25 bits per heavy atom. The van der Waals surface area contributed by atoms with Gasteiger partial charge >= 0.3 is 0 Å². The lowest BCUT2D eigenvalue weighted by Gasteiger charge is -2.22. The normalized spacial score (nSPS) is 13.2. The van der Waals surface area contributed by atoms with Crippen molar-refractivity contribution in [1.29, 1.82) is 0 Å². The van der Waals surface area contributed by atoms with Gasteiger partial charge in [-0.15, -0.1) is 0 Å². The first-order valence-corrected chi connectivity index (χ1v) is 7.02. The van der Waals surface area contributed by atoms with Crippen molar-refractivity contribution in [1.82, 2.24) is 5.32 Å². The summed E-state index contributed by atoms with van der Waals surface area (Å²) in [5, 5.41) is 2.90. The highest BCUT2D eigenvalue weighted by atomic mass is 16.5. The highest BCUT2D eigenvalue weighted by molar-refractivity contribution is 5.85. The van der Waals surface area contributed by atoms with Crippen LogP contribution in [0.2, 0.25) is 0 Å². The van der Waals surface area contributed by atoms with E-state index in [4.69, 9.17) is 10.5 Å². The van der Waals surface area contributed by atoms with E-state index in [1.165, 1.54) is 0 Å². The second-order valence-electron chi connectivity index (χ2n) is 6.19. The number of carbonyl (C=O) groups excluding carboxylic acids is 1. The summed E-state index contributed by atoms with van der Waals surface area (Å²) in [6.45, 7) is 10.2. The number of nitrogens with two attached hydrogens (primary N) is 1. The van der Waals surface area contributed by atoms with Gasteiger partial charge in [0.15, 0.2) is 0 Å². The summed E-state index contributed by atoms with van der Waals surface area (Å²) in [6.07, 6.45) is 0. The van der Waals surface area contributed by atoms with Crippen molar-refractivity contribution in [2.45, 2.75) is 46.2 Å². The van der Waals surface area contributed by atoms with Gasteiger partial charge in [-0.1, -0.05) is 26.0 Å². The van der Waals surface area contributed by atoms with Crippen LogP contribution in [0.3, 0.4) is 0 Å². The zero-order valence-electron chi connectivity index (χ0n) is 13.1. The Morgan fingerprint density at radius 2 is 1.80 bits per heavy atom. The number of ether oxygens (including phenoxy) is 1. The third-order valence-electron chi connectivity index (χ3n) is 2.90. The fourth-order valence-corrected chi connectivity index (χ4v) is 1.58. The molecule has 1 unspecified atom stereocenters. The first kappa shape index (κ1) is 16.5. The maximum Gasteiger partial charge on any atom is 0.239 e. The zero-order valence-corrected chi connectivity index (χ0v) is 13.1. The van der Waals surface area contributed by atoms with Gasteiger partial charge in [0.25, 0.3) is 0 Å². The summed E-state index contributed by atoms with van der Waals surface area (Å²) in [7, 11) is 0. The third kappa shape index (κ3) is 5.21. The maximum atomic E-state index is 11.8. The first-order chi connectivity index (χ1) is 9.20. The van der Waals surface area contributed by atoms with E-state index in [1.54, 1.807) is 13.8 Å². The number of nitrogens with one attached hydrogen (secondary N) is 1.